The Labute approximate surface area is 139 Å². The van der Waals surface area contributed by atoms with Crippen molar-refractivity contribution in [1.82, 2.24) is 4.90 Å². The average Bonchev–Trinajstić information content (AvgIpc) is 2.51. The molecule has 1 aromatic carbocycles. The van der Waals surface area contributed by atoms with Crippen molar-refractivity contribution in [1.29, 1.82) is 0 Å². The lowest BCUT2D eigenvalue weighted by Gasteiger charge is -2.30. The first-order chi connectivity index (χ1) is 11.6. The van der Waals surface area contributed by atoms with E-state index in [1.807, 2.05) is 11.9 Å². The number of likely N-dealkylation sites (N-methyl/N-ethyl adjacent to an activating group) is 1. The van der Waals surface area contributed by atoms with E-state index in [4.69, 9.17) is 4.74 Å². The maximum absolute atomic E-state index is 12.8. The Morgan fingerprint density at radius 2 is 1.84 bits per heavy atom. The predicted molar refractivity (Wildman–Crippen MR) is 80.5 cm³/mol. The molecule has 0 aromatic heterocycles. The number of ether oxygens (including phenoxy) is 1. The molecule has 12 heteroatoms. The number of alkyl halides is 3. The molecule has 1 aliphatic rings. The van der Waals surface area contributed by atoms with Gasteiger partial charge in [-0.15, -0.1) is 0 Å². The van der Waals surface area contributed by atoms with Crippen LogP contribution >= 0.6 is 0 Å². The van der Waals surface area contributed by atoms with E-state index in [1.54, 1.807) is 0 Å². The number of nitro groups is 2. The summed E-state index contributed by atoms with van der Waals surface area (Å²) in [5.41, 5.74) is -4.04. The van der Waals surface area contributed by atoms with Gasteiger partial charge < -0.3 is 15.0 Å². The van der Waals surface area contributed by atoms with Crippen LogP contribution in [0.3, 0.4) is 0 Å². The second kappa shape index (κ2) is 7.19. The molecule has 1 aliphatic heterocycles. The Morgan fingerprint density at radius 3 is 2.28 bits per heavy atom. The van der Waals surface area contributed by atoms with Crippen LogP contribution in [0.2, 0.25) is 0 Å². The monoisotopic (exact) mass is 364 g/mol. The molecule has 9 nitrogen and oxygen atoms in total. The van der Waals surface area contributed by atoms with Crippen LogP contribution in [0.5, 0.6) is 0 Å². The van der Waals surface area contributed by atoms with E-state index in [0.29, 0.717) is 19.7 Å². The average molecular weight is 364 g/mol. The van der Waals surface area contributed by atoms with Crippen molar-refractivity contribution in [3.63, 3.8) is 0 Å². The Balaban J connectivity index is 2.37. The molecule has 1 saturated heterocycles. The Bertz CT molecular complexity index is 647. The number of nitrogens with one attached hydrogen (secondary N) is 1. The fraction of sp³-hybridized carbons (Fsp3) is 0.538. The second-order valence-electron chi connectivity index (χ2n) is 5.54. The van der Waals surface area contributed by atoms with Crippen molar-refractivity contribution < 1.29 is 27.8 Å². The highest BCUT2D eigenvalue weighted by atomic mass is 19.4. The number of nitro benzene ring substituents is 2. The van der Waals surface area contributed by atoms with Gasteiger partial charge >= 0.3 is 6.18 Å². The SMILES string of the molecule is CN1CCOC(CNc2c([N+](=O)[O-])cc(C(F)(F)F)cc2[N+](=O)[O-])C1. The number of halogens is 3. The van der Waals surface area contributed by atoms with E-state index in [1.165, 1.54) is 0 Å². The molecule has 25 heavy (non-hydrogen) atoms. The highest BCUT2D eigenvalue weighted by Gasteiger charge is 2.37. The summed E-state index contributed by atoms with van der Waals surface area (Å²) in [4.78, 5) is 22.0. The number of benzene rings is 1. The number of hydrogen-bond donors (Lipinski definition) is 1. The Kier molecular flexibility index (Phi) is 5.42. The van der Waals surface area contributed by atoms with Crippen LogP contribution in [-0.4, -0.2) is 54.1 Å². The summed E-state index contributed by atoms with van der Waals surface area (Å²) in [5, 5.41) is 24.7. The van der Waals surface area contributed by atoms with E-state index in [-0.39, 0.29) is 18.7 Å². The van der Waals surface area contributed by atoms with Crippen LogP contribution in [0, 0.1) is 20.2 Å². The fourth-order valence-corrected chi connectivity index (χ4v) is 2.45. The minimum atomic E-state index is -4.94. The molecule has 1 unspecified atom stereocenters. The zero-order valence-corrected chi connectivity index (χ0v) is 13.1. The molecule has 0 saturated carbocycles. The number of nitrogens with zero attached hydrogens (tertiary/aromatic N) is 3. The van der Waals surface area contributed by atoms with Gasteiger partial charge in [-0.25, -0.2) is 0 Å². The smallest absolute Gasteiger partial charge is 0.374 e. The summed E-state index contributed by atoms with van der Waals surface area (Å²) in [6.07, 6.45) is -5.34. The van der Waals surface area contributed by atoms with E-state index in [2.05, 4.69) is 5.32 Å². The lowest BCUT2D eigenvalue weighted by Crippen LogP contribution is -2.43. The summed E-state index contributed by atoms with van der Waals surface area (Å²) in [6, 6.07) is 0.562. The highest BCUT2D eigenvalue weighted by molar-refractivity contribution is 5.75. The maximum Gasteiger partial charge on any atom is 0.416 e. The van der Waals surface area contributed by atoms with Gasteiger partial charge in [0, 0.05) is 31.8 Å². The summed E-state index contributed by atoms with van der Waals surface area (Å²) >= 11 is 0. The predicted octanol–water partition coefficient (Wildman–Crippen LogP) is 2.26. The molecule has 138 valence electrons. The normalized spacial score (nSPS) is 18.8. The lowest BCUT2D eigenvalue weighted by atomic mass is 10.1. The number of morpholine rings is 1. The quantitative estimate of drug-likeness (QED) is 0.630. The number of hydrogen-bond acceptors (Lipinski definition) is 7. The summed E-state index contributed by atoms with van der Waals surface area (Å²) in [5.74, 6) is 0. The lowest BCUT2D eigenvalue weighted by molar-refractivity contribution is -0.392. The van der Waals surface area contributed by atoms with Crippen LogP contribution in [0.25, 0.3) is 0 Å². The fourth-order valence-electron chi connectivity index (χ4n) is 2.45. The van der Waals surface area contributed by atoms with E-state index < -0.39 is 44.8 Å². The van der Waals surface area contributed by atoms with E-state index >= 15 is 0 Å². The zero-order chi connectivity index (χ0) is 18.8. The van der Waals surface area contributed by atoms with Crippen molar-refractivity contribution in [3.05, 3.63) is 37.9 Å². The van der Waals surface area contributed by atoms with Crippen LogP contribution in [0.15, 0.2) is 12.1 Å². The van der Waals surface area contributed by atoms with Crippen LogP contribution in [-0.2, 0) is 10.9 Å². The van der Waals surface area contributed by atoms with Gasteiger partial charge in [-0.05, 0) is 7.05 Å². The van der Waals surface area contributed by atoms with Crippen LogP contribution in [0.4, 0.5) is 30.2 Å². The first kappa shape index (κ1) is 18.9. The maximum atomic E-state index is 12.8. The standard InChI is InChI=1S/C13H15F3N4O5/c1-18-2-3-25-9(7-18)6-17-12-10(19(21)22)4-8(13(14,15)16)5-11(12)20(23)24/h4-5,9,17H,2-3,6-7H2,1H3. The van der Waals surface area contributed by atoms with Gasteiger partial charge in [0.1, 0.15) is 0 Å². The highest BCUT2D eigenvalue weighted by Crippen LogP contribution is 2.41. The van der Waals surface area contributed by atoms with Crippen molar-refractivity contribution in [3.8, 4) is 0 Å². The van der Waals surface area contributed by atoms with Crippen molar-refractivity contribution in [2.45, 2.75) is 12.3 Å². The first-order valence-corrected chi connectivity index (χ1v) is 7.17. The molecule has 1 aromatic rings. The minimum absolute atomic E-state index is 0.0165. The van der Waals surface area contributed by atoms with Gasteiger partial charge in [-0.1, -0.05) is 0 Å². The minimum Gasteiger partial charge on any atom is -0.374 e. The third kappa shape index (κ3) is 4.54. The van der Waals surface area contributed by atoms with Gasteiger partial charge in [0.2, 0.25) is 0 Å². The first-order valence-electron chi connectivity index (χ1n) is 7.17. The topological polar surface area (TPSA) is 111 Å². The van der Waals surface area contributed by atoms with Gasteiger partial charge in [0.25, 0.3) is 11.4 Å². The van der Waals surface area contributed by atoms with Crippen molar-refractivity contribution in [2.24, 2.45) is 0 Å². The van der Waals surface area contributed by atoms with Gasteiger partial charge in [-0.3, -0.25) is 20.2 Å². The van der Waals surface area contributed by atoms with Crippen molar-refractivity contribution >= 4 is 17.1 Å². The molecule has 0 amide bonds. The molecule has 0 radical (unpaired) electrons. The van der Waals surface area contributed by atoms with Crippen LogP contribution in [0.1, 0.15) is 5.56 Å². The molecule has 0 aliphatic carbocycles. The molecular formula is C13H15F3N4O5. The molecule has 2 rings (SSSR count). The number of rotatable bonds is 5. The molecule has 1 atom stereocenters. The third-order valence-corrected chi connectivity index (χ3v) is 3.67. The molecule has 0 bridgehead atoms. The summed E-state index contributed by atoms with van der Waals surface area (Å²) in [7, 11) is 1.83. The van der Waals surface area contributed by atoms with E-state index in [9.17, 15) is 33.4 Å². The van der Waals surface area contributed by atoms with Gasteiger partial charge in [-0.2, -0.15) is 13.2 Å². The summed E-state index contributed by atoms with van der Waals surface area (Å²) in [6.45, 7) is 1.57. The molecule has 1 N–H and O–H groups in total. The number of anilines is 1. The Morgan fingerprint density at radius 1 is 1.28 bits per heavy atom. The van der Waals surface area contributed by atoms with E-state index in [0.717, 1.165) is 0 Å². The molecule has 1 fully saturated rings. The molecule has 1 heterocycles. The molecule has 0 spiro atoms. The summed E-state index contributed by atoms with van der Waals surface area (Å²) < 4.78 is 43.9. The van der Waals surface area contributed by atoms with Gasteiger partial charge in [0.15, 0.2) is 5.69 Å². The third-order valence-electron chi connectivity index (χ3n) is 3.67. The Hall–Kier alpha value is -2.47. The largest absolute Gasteiger partial charge is 0.416 e. The second-order valence-corrected chi connectivity index (χ2v) is 5.54. The van der Waals surface area contributed by atoms with Crippen molar-refractivity contribution in [2.75, 3.05) is 38.6 Å². The van der Waals surface area contributed by atoms with Crippen LogP contribution < -0.4 is 5.32 Å². The zero-order valence-electron chi connectivity index (χ0n) is 13.1. The molecular weight excluding hydrogens is 349 g/mol. The van der Waals surface area contributed by atoms with Gasteiger partial charge in [0.05, 0.1) is 28.1 Å².